The molecule has 0 spiro atoms. The van der Waals surface area contributed by atoms with Gasteiger partial charge in [-0.2, -0.15) is 0 Å². The molecule has 110 valence electrons. The zero-order chi connectivity index (χ0) is 15.6. The zero-order valence-corrected chi connectivity index (χ0v) is 12.2. The molecule has 0 atom stereocenters. The lowest BCUT2D eigenvalue weighted by Crippen LogP contribution is -2.36. The Balaban J connectivity index is -0.000000190. The highest BCUT2D eigenvalue weighted by Crippen LogP contribution is 2.25. The monoisotopic (exact) mass is 288 g/mol. The van der Waals surface area contributed by atoms with E-state index in [2.05, 4.69) is 21.1 Å². The van der Waals surface area contributed by atoms with Crippen LogP contribution in [0.2, 0.25) is 0 Å². The lowest BCUT2D eigenvalue weighted by molar-refractivity contribution is -0.870. The highest BCUT2D eigenvalue weighted by atomic mass is 31.2. The normalized spacial score (nSPS) is 10.5. The van der Waals surface area contributed by atoms with E-state index >= 15 is 0 Å². The second kappa shape index (κ2) is 10.3. The zero-order valence-electron chi connectivity index (χ0n) is 11.3. The van der Waals surface area contributed by atoms with Crippen molar-refractivity contribution in [2.24, 2.45) is 0 Å². The Morgan fingerprint density at radius 3 is 1.22 bits per heavy atom. The minimum atomic E-state index is -4.64. The number of phosphoric acid groups is 1. The number of Topliss-reactive ketones (excluding diaryl/α,β-unsaturated/α-hetero) is 2. The molecule has 0 amide bonds. The van der Waals surface area contributed by atoms with Crippen LogP contribution in [-0.4, -0.2) is 70.1 Å². The van der Waals surface area contributed by atoms with Gasteiger partial charge in [0.2, 0.25) is 0 Å². The molecule has 0 aromatic heterocycles. The number of ketones is 2. The number of carbonyl (C=O) groups excluding carboxylic acids is 2. The first kappa shape index (κ1) is 22.5. The molecule has 9 heteroatoms. The number of aliphatic hydroxyl groups excluding tert-OH is 1. The average molecular weight is 288 g/mol. The molecule has 0 aliphatic carbocycles. The molecule has 0 aliphatic rings. The van der Waals surface area contributed by atoms with E-state index in [4.69, 9.17) is 24.4 Å². The number of hydrogen-bond donors (Lipinski definition) is 4. The molecule has 0 bridgehead atoms. The SMILES string of the molecule is CC(=O)C(C)=O.C[N+](C)(C)CCO.O=P(O)(O)O. The first-order valence-electron chi connectivity index (χ1n) is 4.91. The van der Waals surface area contributed by atoms with Crippen molar-refractivity contribution in [3.8, 4) is 0 Å². The van der Waals surface area contributed by atoms with Gasteiger partial charge >= 0.3 is 7.82 Å². The molecule has 0 saturated carbocycles. The number of aliphatic hydroxyl groups is 1. The van der Waals surface area contributed by atoms with Crippen molar-refractivity contribution >= 4 is 19.4 Å². The third-order valence-corrected chi connectivity index (χ3v) is 1.27. The van der Waals surface area contributed by atoms with Crippen molar-refractivity contribution in [3.63, 3.8) is 0 Å². The summed E-state index contributed by atoms with van der Waals surface area (Å²) in [6, 6.07) is 0. The lowest BCUT2D eigenvalue weighted by atomic mass is 10.3. The van der Waals surface area contributed by atoms with Crippen LogP contribution in [0.15, 0.2) is 0 Å². The van der Waals surface area contributed by atoms with Gasteiger partial charge in [-0.05, 0) is 0 Å². The Bertz CT molecular complexity index is 272. The van der Waals surface area contributed by atoms with Crippen LogP contribution in [0.1, 0.15) is 13.8 Å². The maximum atomic E-state index is 9.79. The van der Waals surface area contributed by atoms with Crippen LogP contribution in [0, 0.1) is 0 Å². The smallest absolute Gasteiger partial charge is 0.391 e. The van der Waals surface area contributed by atoms with Crippen molar-refractivity contribution in [2.75, 3.05) is 34.3 Å². The molecule has 0 aromatic rings. The number of quaternary nitrogens is 1. The molecule has 18 heavy (non-hydrogen) atoms. The summed E-state index contributed by atoms with van der Waals surface area (Å²) >= 11 is 0. The second-order valence-corrected chi connectivity index (χ2v) is 5.39. The minimum absolute atomic E-state index is 0.281. The van der Waals surface area contributed by atoms with Crippen molar-refractivity contribution < 1.29 is 38.4 Å². The Hall–Kier alpha value is -0.630. The minimum Gasteiger partial charge on any atom is -0.391 e. The van der Waals surface area contributed by atoms with Gasteiger partial charge in [-0.1, -0.05) is 0 Å². The summed E-state index contributed by atoms with van der Waals surface area (Å²) < 4.78 is 9.73. The fourth-order valence-electron chi connectivity index (χ4n) is 0.300. The van der Waals surface area contributed by atoms with Crippen LogP contribution in [0.25, 0.3) is 0 Å². The van der Waals surface area contributed by atoms with E-state index in [1.807, 2.05) is 0 Å². The maximum absolute atomic E-state index is 9.79. The Labute approximate surface area is 107 Å². The van der Waals surface area contributed by atoms with Gasteiger partial charge < -0.3 is 24.3 Å². The van der Waals surface area contributed by atoms with Crippen LogP contribution in [0.5, 0.6) is 0 Å². The van der Waals surface area contributed by atoms with Crippen LogP contribution in [-0.2, 0) is 14.2 Å². The van der Waals surface area contributed by atoms with Crippen LogP contribution < -0.4 is 0 Å². The van der Waals surface area contributed by atoms with Crippen LogP contribution in [0.4, 0.5) is 0 Å². The van der Waals surface area contributed by atoms with Crippen LogP contribution in [0.3, 0.4) is 0 Å². The first-order valence-corrected chi connectivity index (χ1v) is 6.48. The molecule has 0 saturated heterocycles. The fraction of sp³-hybridized carbons (Fsp3) is 0.778. The summed E-state index contributed by atoms with van der Waals surface area (Å²) in [7, 11) is 1.52. The highest BCUT2D eigenvalue weighted by Gasteiger charge is 2.02. The van der Waals surface area contributed by atoms with E-state index in [0.717, 1.165) is 11.0 Å². The van der Waals surface area contributed by atoms with Crippen molar-refractivity contribution in [1.29, 1.82) is 0 Å². The molecule has 0 rings (SSSR count). The van der Waals surface area contributed by atoms with Gasteiger partial charge in [-0.25, -0.2) is 4.57 Å². The van der Waals surface area contributed by atoms with E-state index in [1.54, 1.807) is 0 Å². The summed E-state index contributed by atoms with van der Waals surface area (Å²) in [6.45, 7) is 3.62. The van der Waals surface area contributed by atoms with E-state index in [-0.39, 0.29) is 18.2 Å². The fourth-order valence-corrected chi connectivity index (χ4v) is 0.300. The molecule has 4 N–H and O–H groups in total. The summed E-state index contributed by atoms with van der Waals surface area (Å²) in [6.07, 6.45) is 0. The largest absolute Gasteiger partial charge is 0.466 e. The molecule has 0 unspecified atom stereocenters. The van der Waals surface area contributed by atoms with E-state index in [0.29, 0.717) is 0 Å². The second-order valence-electron chi connectivity index (χ2n) is 4.36. The van der Waals surface area contributed by atoms with Gasteiger partial charge in [-0.15, -0.1) is 0 Å². The number of rotatable bonds is 3. The molecule has 0 fully saturated rings. The number of likely N-dealkylation sites (N-methyl/N-ethyl adjacent to an activating group) is 1. The molecule has 8 nitrogen and oxygen atoms in total. The summed E-state index contributed by atoms with van der Waals surface area (Å²) in [4.78, 5) is 41.2. The lowest BCUT2D eigenvalue weighted by Gasteiger charge is -2.21. The van der Waals surface area contributed by atoms with Crippen molar-refractivity contribution in [1.82, 2.24) is 0 Å². The van der Waals surface area contributed by atoms with Gasteiger partial charge in [0.15, 0.2) is 11.6 Å². The molecular formula is C9H23NO7P+. The van der Waals surface area contributed by atoms with Gasteiger partial charge in [0.1, 0.15) is 6.54 Å². The summed E-state index contributed by atoms with van der Waals surface area (Å²) in [5.41, 5.74) is 0. The Morgan fingerprint density at radius 1 is 1.00 bits per heavy atom. The Kier molecular flexibility index (Phi) is 12.9. The molecule has 0 aliphatic heterocycles. The van der Waals surface area contributed by atoms with E-state index < -0.39 is 7.82 Å². The third kappa shape index (κ3) is 58.4. The first-order chi connectivity index (χ1) is 7.70. The number of nitrogens with zero attached hydrogens (tertiary/aromatic N) is 1. The molecule has 0 aromatic carbocycles. The maximum Gasteiger partial charge on any atom is 0.466 e. The van der Waals surface area contributed by atoms with Gasteiger partial charge in [0.05, 0.1) is 27.7 Å². The standard InChI is InChI=1S/C5H14NO.C4H6O2.H3O4P/c1-6(2,3)4-5-7;1-3(5)4(2)6;1-5(2,3)4/h7H,4-5H2,1-3H3;1-2H3;(H3,1,2,3,4)/q+1;;. The average Bonchev–Trinajstić information content (AvgIpc) is 1.98. The Morgan fingerprint density at radius 2 is 1.22 bits per heavy atom. The topological polar surface area (TPSA) is 132 Å². The van der Waals surface area contributed by atoms with Crippen molar-refractivity contribution in [2.45, 2.75) is 13.8 Å². The van der Waals surface area contributed by atoms with Crippen molar-refractivity contribution in [3.05, 3.63) is 0 Å². The van der Waals surface area contributed by atoms with E-state index in [9.17, 15) is 9.59 Å². The summed E-state index contributed by atoms with van der Waals surface area (Å²) in [5.74, 6) is -0.759. The number of carbonyl (C=O) groups is 2. The summed E-state index contributed by atoms with van der Waals surface area (Å²) in [5, 5.41) is 8.39. The van der Waals surface area contributed by atoms with Gasteiger partial charge in [0, 0.05) is 13.8 Å². The highest BCUT2D eigenvalue weighted by molar-refractivity contribution is 7.45. The van der Waals surface area contributed by atoms with E-state index in [1.165, 1.54) is 13.8 Å². The molecular weight excluding hydrogens is 265 g/mol. The predicted molar refractivity (Wildman–Crippen MR) is 65.6 cm³/mol. The molecule has 0 radical (unpaired) electrons. The quantitative estimate of drug-likeness (QED) is 0.295. The van der Waals surface area contributed by atoms with Gasteiger partial charge in [-0.3, -0.25) is 9.59 Å². The van der Waals surface area contributed by atoms with Crippen LogP contribution >= 0.6 is 7.82 Å². The predicted octanol–water partition coefficient (Wildman–Crippen LogP) is -1.08. The third-order valence-electron chi connectivity index (χ3n) is 1.27. The number of hydrogen-bond acceptors (Lipinski definition) is 4. The molecule has 0 heterocycles. The van der Waals surface area contributed by atoms with Gasteiger partial charge in [0.25, 0.3) is 0 Å².